The van der Waals surface area contributed by atoms with Crippen LogP contribution in [0.2, 0.25) is 0 Å². The van der Waals surface area contributed by atoms with Gasteiger partial charge in [-0.2, -0.15) is 0 Å². The zero-order chi connectivity index (χ0) is 13.8. The van der Waals surface area contributed by atoms with E-state index in [1.165, 1.54) is 6.42 Å². The van der Waals surface area contributed by atoms with Crippen molar-refractivity contribution >= 4 is 27.5 Å². The molecule has 2 N–H and O–H groups in total. The average Bonchev–Trinajstić information content (AvgIpc) is 2.38. The van der Waals surface area contributed by atoms with Crippen LogP contribution in [0.3, 0.4) is 0 Å². The van der Waals surface area contributed by atoms with Crippen molar-refractivity contribution in [1.29, 1.82) is 0 Å². The van der Waals surface area contributed by atoms with Crippen LogP contribution in [-0.4, -0.2) is 23.4 Å². The van der Waals surface area contributed by atoms with E-state index in [9.17, 15) is 4.79 Å². The SMILES string of the molecule is CCCC1CCCCN1C(=O)c1cc(N)cc(Br)c1. The number of carbonyl (C=O) groups excluding carboxylic acids is 1. The maximum absolute atomic E-state index is 12.6. The fourth-order valence-corrected chi connectivity index (χ4v) is 3.31. The molecule has 1 aromatic carbocycles. The summed E-state index contributed by atoms with van der Waals surface area (Å²) in [5, 5.41) is 0. The molecule has 1 unspecified atom stereocenters. The van der Waals surface area contributed by atoms with Crippen molar-refractivity contribution in [2.24, 2.45) is 0 Å². The van der Waals surface area contributed by atoms with Crippen LogP contribution in [0.25, 0.3) is 0 Å². The summed E-state index contributed by atoms with van der Waals surface area (Å²) in [7, 11) is 0. The van der Waals surface area contributed by atoms with Crippen molar-refractivity contribution in [2.75, 3.05) is 12.3 Å². The normalized spacial score (nSPS) is 19.5. The van der Waals surface area contributed by atoms with E-state index in [0.717, 1.165) is 36.7 Å². The summed E-state index contributed by atoms with van der Waals surface area (Å²) in [6, 6.07) is 5.84. The highest BCUT2D eigenvalue weighted by Crippen LogP contribution is 2.25. The second-order valence-corrected chi connectivity index (χ2v) is 6.13. The van der Waals surface area contributed by atoms with E-state index in [2.05, 4.69) is 22.9 Å². The van der Waals surface area contributed by atoms with Gasteiger partial charge in [-0.15, -0.1) is 0 Å². The van der Waals surface area contributed by atoms with Gasteiger partial charge in [-0.05, 0) is 43.9 Å². The smallest absolute Gasteiger partial charge is 0.254 e. The number of hydrogen-bond acceptors (Lipinski definition) is 2. The Hall–Kier alpha value is -1.03. The Bertz CT molecular complexity index is 439. The van der Waals surface area contributed by atoms with Crippen LogP contribution in [0.4, 0.5) is 5.69 Å². The molecule has 2 rings (SSSR count). The third kappa shape index (κ3) is 3.50. The van der Waals surface area contributed by atoms with Crippen molar-refractivity contribution < 1.29 is 4.79 Å². The van der Waals surface area contributed by atoms with E-state index in [1.807, 2.05) is 17.0 Å². The molecule has 0 spiro atoms. The minimum absolute atomic E-state index is 0.117. The first kappa shape index (κ1) is 14.4. The number of carbonyl (C=O) groups is 1. The highest BCUT2D eigenvalue weighted by Gasteiger charge is 2.26. The fourth-order valence-electron chi connectivity index (χ4n) is 2.80. The zero-order valence-electron chi connectivity index (χ0n) is 11.4. The number of piperidine rings is 1. The van der Waals surface area contributed by atoms with Gasteiger partial charge in [0.1, 0.15) is 0 Å². The van der Waals surface area contributed by atoms with E-state index in [0.29, 0.717) is 17.3 Å². The van der Waals surface area contributed by atoms with E-state index >= 15 is 0 Å². The Morgan fingerprint density at radius 1 is 1.42 bits per heavy atom. The lowest BCUT2D eigenvalue weighted by Crippen LogP contribution is -2.43. The number of nitrogen functional groups attached to an aromatic ring is 1. The average molecular weight is 325 g/mol. The minimum atomic E-state index is 0.117. The minimum Gasteiger partial charge on any atom is -0.399 e. The van der Waals surface area contributed by atoms with Crippen LogP contribution in [0.1, 0.15) is 49.4 Å². The topological polar surface area (TPSA) is 46.3 Å². The summed E-state index contributed by atoms with van der Waals surface area (Å²) in [6.45, 7) is 3.05. The number of benzene rings is 1. The van der Waals surface area contributed by atoms with Crippen LogP contribution >= 0.6 is 15.9 Å². The molecule has 1 aliphatic heterocycles. The molecule has 1 saturated heterocycles. The predicted octanol–water partition coefficient (Wildman–Crippen LogP) is 3.83. The number of amides is 1. The molecule has 19 heavy (non-hydrogen) atoms. The molecule has 1 atom stereocenters. The molecule has 0 saturated carbocycles. The number of rotatable bonds is 3. The lowest BCUT2D eigenvalue weighted by molar-refractivity contribution is 0.0600. The summed E-state index contributed by atoms with van der Waals surface area (Å²) in [5.74, 6) is 0.117. The number of likely N-dealkylation sites (tertiary alicyclic amines) is 1. The molecule has 1 aromatic rings. The highest BCUT2D eigenvalue weighted by atomic mass is 79.9. The number of nitrogens with two attached hydrogens (primary N) is 1. The van der Waals surface area contributed by atoms with Crippen LogP contribution in [0.5, 0.6) is 0 Å². The Balaban J connectivity index is 2.20. The molecular weight excluding hydrogens is 304 g/mol. The molecule has 1 amide bonds. The second-order valence-electron chi connectivity index (χ2n) is 5.21. The number of halogens is 1. The van der Waals surface area contributed by atoms with Gasteiger partial charge in [0.15, 0.2) is 0 Å². The predicted molar refractivity (Wildman–Crippen MR) is 82.1 cm³/mol. The van der Waals surface area contributed by atoms with E-state index in [4.69, 9.17) is 5.73 Å². The van der Waals surface area contributed by atoms with Crippen LogP contribution in [0.15, 0.2) is 22.7 Å². The van der Waals surface area contributed by atoms with Gasteiger partial charge in [0, 0.05) is 28.3 Å². The van der Waals surface area contributed by atoms with Crippen LogP contribution < -0.4 is 5.73 Å². The molecule has 1 fully saturated rings. The van der Waals surface area contributed by atoms with Gasteiger partial charge >= 0.3 is 0 Å². The molecule has 3 nitrogen and oxygen atoms in total. The van der Waals surface area contributed by atoms with Crippen molar-refractivity contribution in [2.45, 2.75) is 45.1 Å². The fraction of sp³-hybridized carbons (Fsp3) is 0.533. The summed E-state index contributed by atoms with van der Waals surface area (Å²) in [6.07, 6.45) is 5.68. The lowest BCUT2D eigenvalue weighted by Gasteiger charge is -2.36. The monoisotopic (exact) mass is 324 g/mol. The van der Waals surface area contributed by atoms with E-state index in [1.54, 1.807) is 6.07 Å². The summed E-state index contributed by atoms with van der Waals surface area (Å²) < 4.78 is 0.861. The van der Waals surface area contributed by atoms with Gasteiger partial charge in [-0.25, -0.2) is 0 Å². The molecule has 0 radical (unpaired) electrons. The molecular formula is C15H21BrN2O. The van der Waals surface area contributed by atoms with E-state index < -0.39 is 0 Å². The Morgan fingerprint density at radius 3 is 2.89 bits per heavy atom. The van der Waals surface area contributed by atoms with Crippen molar-refractivity contribution in [3.05, 3.63) is 28.2 Å². The molecule has 104 valence electrons. The quantitative estimate of drug-likeness (QED) is 0.859. The summed E-state index contributed by atoms with van der Waals surface area (Å²) >= 11 is 3.40. The van der Waals surface area contributed by atoms with Crippen molar-refractivity contribution in [1.82, 2.24) is 4.90 Å². The molecule has 1 heterocycles. The molecule has 4 heteroatoms. The summed E-state index contributed by atoms with van der Waals surface area (Å²) in [4.78, 5) is 14.7. The number of anilines is 1. The maximum atomic E-state index is 12.6. The van der Waals surface area contributed by atoms with Gasteiger partial charge in [-0.3, -0.25) is 4.79 Å². The first-order valence-corrected chi connectivity index (χ1v) is 7.78. The molecule has 0 bridgehead atoms. The van der Waals surface area contributed by atoms with Crippen molar-refractivity contribution in [3.63, 3.8) is 0 Å². The zero-order valence-corrected chi connectivity index (χ0v) is 12.9. The van der Waals surface area contributed by atoms with Gasteiger partial charge in [0.05, 0.1) is 0 Å². The standard InChI is InChI=1S/C15H21BrN2O/c1-2-5-14-6-3-4-7-18(14)15(19)11-8-12(16)10-13(17)9-11/h8-10,14H,2-7,17H2,1H3. The third-order valence-corrected chi connectivity index (χ3v) is 4.13. The van der Waals surface area contributed by atoms with Gasteiger partial charge < -0.3 is 10.6 Å². The second kappa shape index (κ2) is 6.42. The maximum Gasteiger partial charge on any atom is 0.254 e. The Morgan fingerprint density at radius 2 is 2.21 bits per heavy atom. The first-order chi connectivity index (χ1) is 9.11. The van der Waals surface area contributed by atoms with Gasteiger partial charge in [0.2, 0.25) is 0 Å². The molecule has 0 aliphatic carbocycles. The Labute approximate surface area is 123 Å². The highest BCUT2D eigenvalue weighted by molar-refractivity contribution is 9.10. The Kier molecular flexibility index (Phi) is 4.86. The van der Waals surface area contributed by atoms with E-state index in [-0.39, 0.29) is 5.91 Å². The van der Waals surface area contributed by atoms with Crippen LogP contribution in [0, 0.1) is 0 Å². The van der Waals surface area contributed by atoms with Crippen molar-refractivity contribution in [3.8, 4) is 0 Å². The molecule has 1 aliphatic rings. The largest absolute Gasteiger partial charge is 0.399 e. The summed E-state index contributed by atoms with van der Waals surface area (Å²) in [5.41, 5.74) is 7.14. The van der Waals surface area contributed by atoms with Gasteiger partial charge in [0.25, 0.3) is 5.91 Å². The first-order valence-electron chi connectivity index (χ1n) is 6.99. The molecule has 0 aromatic heterocycles. The van der Waals surface area contributed by atoms with Gasteiger partial charge in [-0.1, -0.05) is 29.3 Å². The third-order valence-electron chi connectivity index (χ3n) is 3.68. The lowest BCUT2D eigenvalue weighted by atomic mass is 9.97. The number of nitrogens with zero attached hydrogens (tertiary/aromatic N) is 1. The van der Waals surface area contributed by atoms with Crippen LogP contribution in [-0.2, 0) is 0 Å². The number of hydrogen-bond donors (Lipinski definition) is 1.